The van der Waals surface area contributed by atoms with E-state index >= 15 is 0 Å². The van der Waals surface area contributed by atoms with Crippen LogP contribution in [0.15, 0.2) is 84.5 Å². The van der Waals surface area contributed by atoms with Crippen LogP contribution in [0.4, 0.5) is 10.5 Å². The van der Waals surface area contributed by atoms with Gasteiger partial charge in [0.2, 0.25) is 0 Å². The van der Waals surface area contributed by atoms with E-state index < -0.39 is 0 Å². The van der Waals surface area contributed by atoms with E-state index in [1.807, 2.05) is 24.3 Å². The van der Waals surface area contributed by atoms with Crippen LogP contribution in [0, 0.1) is 24.7 Å². The Bertz CT molecular complexity index is 1180. The summed E-state index contributed by atoms with van der Waals surface area (Å²) < 4.78 is 5.63. The van der Waals surface area contributed by atoms with Gasteiger partial charge >= 0.3 is 6.09 Å². The van der Waals surface area contributed by atoms with Gasteiger partial charge in [0, 0.05) is 5.69 Å². The third kappa shape index (κ3) is 7.97. The molecule has 0 radical (unpaired) electrons. The molecule has 214 valence electrons. The summed E-state index contributed by atoms with van der Waals surface area (Å²) in [5, 5.41) is 0. The number of anilines is 1. The molecule has 4 rings (SSSR count). The van der Waals surface area contributed by atoms with Crippen molar-refractivity contribution in [3.63, 3.8) is 0 Å². The molecule has 0 saturated heterocycles. The smallest absolute Gasteiger partial charge is 0.414 e. The van der Waals surface area contributed by atoms with Gasteiger partial charge in [-0.1, -0.05) is 99.0 Å². The van der Waals surface area contributed by atoms with Crippen LogP contribution in [0.2, 0.25) is 0 Å². The average molecular weight is 541 g/mol. The highest BCUT2D eigenvalue weighted by Gasteiger charge is 2.30. The summed E-state index contributed by atoms with van der Waals surface area (Å²) in [4.78, 5) is 14.8. The van der Waals surface area contributed by atoms with Crippen LogP contribution in [-0.2, 0) is 11.3 Å². The van der Waals surface area contributed by atoms with Crippen molar-refractivity contribution in [1.82, 2.24) is 0 Å². The normalized spacial score (nSPS) is 19.7. The Kier molecular flexibility index (Phi) is 10.8. The van der Waals surface area contributed by atoms with E-state index in [2.05, 4.69) is 69.8 Å². The van der Waals surface area contributed by atoms with Crippen LogP contribution < -0.4 is 10.6 Å². The molecule has 3 atom stereocenters. The second-order valence-corrected chi connectivity index (χ2v) is 12.1. The molecule has 2 aliphatic rings. The maximum atomic E-state index is 13.1. The van der Waals surface area contributed by atoms with Crippen LogP contribution in [0.25, 0.3) is 0 Å². The fourth-order valence-corrected chi connectivity index (χ4v) is 6.11. The number of hydrogen-bond acceptors (Lipinski definition) is 3. The lowest BCUT2D eigenvalue weighted by Gasteiger charge is -2.35. The van der Waals surface area contributed by atoms with E-state index in [0.717, 1.165) is 36.1 Å². The number of carbonyl (C=O) groups excluding carboxylic acids is 1. The van der Waals surface area contributed by atoms with Crippen molar-refractivity contribution in [2.24, 2.45) is 23.5 Å². The summed E-state index contributed by atoms with van der Waals surface area (Å²) in [7, 11) is 0. The van der Waals surface area contributed by atoms with E-state index in [1.165, 1.54) is 42.4 Å². The number of hydrogen-bond donors (Lipinski definition) is 1. The van der Waals surface area contributed by atoms with Gasteiger partial charge < -0.3 is 10.5 Å². The van der Waals surface area contributed by atoms with Gasteiger partial charge in [-0.2, -0.15) is 0 Å². The van der Waals surface area contributed by atoms with Gasteiger partial charge in [0.25, 0.3) is 0 Å². The second-order valence-electron chi connectivity index (χ2n) is 12.1. The number of amides is 1. The first-order valence-electron chi connectivity index (χ1n) is 15.2. The van der Waals surface area contributed by atoms with Crippen molar-refractivity contribution in [3.05, 3.63) is 101 Å². The number of rotatable bonds is 11. The van der Waals surface area contributed by atoms with Crippen LogP contribution >= 0.6 is 0 Å². The zero-order valence-electron chi connectivity index (χ0n) is 24.8. The molecular formula is C36H48N2O2. The first kappa shape index (κ1) is 29.9. The molecule has 0 bridgehead atoms. The minimum Gasteiger partial charge on any atom is -0.449 e. The molecule has 2 aromatic rings. The number of allylic oxidation sites excluding steroid dienone is 4. The van der Waals surface area contributed by atoms with Gasteiger partial charge in [-0.15, -0.1) is 0 Å². The molecular weight excluding hydrogens is 492 g/mol. The van der Waals surface area contributed by atoms with E-state index in [9.17, 15) is 4.79 Å². The van der Waals surface area contributed by atoms with Gasteiger partial charge in [0.05, 0.1) is 13.2 Å². The summed E-state index contributed by atoms with van der Waals surface area (Å²) >= 11 is 0. The summed E-state index contributed by atoms with van der Waals surface area (Å²) in [6.07, 6.45) is 14.7. The predicted molar refractivity (Wildman–Crippen MR) is 167 cm³/mol. The van der Waals surface area contributed by atoms with Gasteiger partial charge in [-0.25, -0.2) is 4.79 Å². The Balaban J connectivity index is 1.47. The molecule has 40 heavy (non-hydrogen) atoms. The SMILES string of the molecule is C=C(C[C@@H](CN)C1=CCCC=C1)C1CCCC[C@H]1c1ccc(CN(C(=O)OCC(C)C)c2ccc(C)cc2)cc1. The highest BCUT2D eigenvalue weighted by atomic mass is 16.6. The Hall–Kier alpha value is -3.11. The van der Waals surface area contributed by atoms with Crippen molar-refractivity contribution in [2.45, 2.75) is 78.2 Å². The zero-order chi connectivity index (χ0) is 28.5. The molecule has 1 saturated carbocycles. The van der Waals surface area contributed by atoms with Crippen LogP contribution in [-0.4, -0.2) is 19.2 Å². The molecule has 2 aromatic carbocycles. The number of nitrogens with two attached hydrogens (primary N) is 1. The molecule has 0 heterocycles. The Morgan fingerprint density at radius 2 is 1.77 bits per heavy atom. The molecule has 0 aliphatic heterocycles. The Morgan fingerprint density at radius 1 is 1.05 bits per heavy atom. The molecule has 0 aromatic heterocycles. The summed E-state index contributed by atoms with van der Waals surface area (Å²) in [5.41, 5.74) is 13.5. The largest absolute Gasteiger partial charge is 0.449 e. The number of carbonyl (C=O) groups is 1. The lowest BCUT2D eigenvalue weighted by molar-refractivity contribution is 0.139. The van der Waals surface area contributed by atoms with Gasteiger partial charge in [0.15, 0.2) is 0 Å². The van der Waals surface area contributed by atoms with Gasteiger partial charge in [0.1, 0.15) is 0 Å². The standard InChI is InChI=1S/C36H48N2O2/c1-26(2)25-40-36(39)38(33-20-14-27(3)15-21-33)24-29-16-18-31(19-17-29)35-13-9-8-12-34(35)28(4)22-32(23-37)30-10-6-5-7-11-30/h6,10-11,14-21,26,32,34-35H,4-5,7-9,12-13,22-25,37H2,1-3H3/t32-,34?,35-/m0/s1. The van der Waals surface area contributed by atoms with Crippen molar-refractivity contribution in [1.29, 1.82) is 0 Å². The van der Waals surface area contributed by atoms with Crippen LogP contribution in [0.5, 0.6) is 0 Å². The summed E-state index contributed by atoms with van der Waals surface area (Å²) in [6, 6.07) is 17.0. The topological polar surface area (TPSA) is 55.6 Å². The van der Waals surface area contributed by atoms with Crippen LogP contribution in [0.1, 0.15) is 81.4 Å². The molecule has 1 amide bonds. The highest BCUT2D eigenvalue weighted by Crippen LogP contribution is 2.43. The zero-order valence-corrected chi connectivity index (χ0v) is 24.8. The minimum absolute atomic E-state index is 0.289. The number of nitrogens with zero attached hydrogens (tertiary/aromatic N) is 1. The highest BCUT2D eigenvalue weighted by molar-refractivity contribution is 5.87. The first-order chi connectivity index (χ1) is 19.4. The summed E-state index contributed by atoms with van der Waals surface area (Å²) in [5.74, 6) is 1.61. The monoisotopic (exact) mass is 540 g/mol. The third-order valence-corrected chi connectivity index (χ3v) is 8.43. The lowest BCUT2D eigenvalue weighted by atomic mass is 9.70. The number of aryl methyl sites for hydroxylation is 1. The molecule has 1 fully saturated rings. The van der Waals surface area contributed by atoms with Crippen molar-refractivity contribution in [2.75, 3.05) is 18.1 Å². The molecule has 4 heteroatoms. The molecule has 2 aliphatic carbocycles. The molecule has 4 nitrogen and oxygen atoms in total. The third-order valence-electron chi connectivity index (χ3n) is 8.43. The van der Waals surface area contributed by atoms with E-state index in [0.29, 0.717) is 37.5 Å². The number of benzene rings is 2. The summed E-state index contributed by atoms with van der Waals surface area (Å²) in [6.45, 7) is 12.3. The minimum atomic E-state index is -0.303. The molecule has 0 spiro atoms. The van der Waals surface area contributed by atoms with E-state index in [-0.39, 0.29) is 12.0 Å². The van der Waals surface area contributed by atoms with Crippen LogP contribution in [0.3, 0.4) is 0 Å². The second kappa shape index (κ2) is 14.5. The maximum Gasteiger partial charge on any atom is 0.414 e. The van der Waals surface area contributed by atoms with Crippen molar-refractivity contribution >= 4 is 11.8 Å². The van der Waals surface area contributed by atoms with Crippen molar-refractivity contribution in [3.8, 4) is 0 Å². The fourth-order valence-electron chi connectivity index (χ4n) is 6.11. The van der Waals surface area contributed by atoms with E-state index in [4.69, 9.17) is 10.5 Å². The molecule has 2 N–H and O–H groups in total. The average Bonchev–Trinajstić information content (AvgIpc) is 2.98. The fraction of sp³-hybridized carbons (Fsp3) is 0.472. The van der Waals surface area contributed by atoms with E-state index in [1.54, 1.807) is 4.90 Å². The quantitative estimate of drug-likeness (QED) is 0.290. The predicted octanol–water partition coefficient (Wildman–Crippen LogP) is 8.87. The van der Waals surface area contributed by atoms with Gasteiger partial charge in [-0.05, 0) is 98.1 Å². The first-order valence-corrected chi connectivity index (χ1v) is 15.2. The maximum absolute atomic E-state index is 13.1. The number of ether oxygens (including phenoxy) is 1. The Morgan fingerprint density at radius 3 is 2.42 bits per heavy atom. The van der Waals surface area contributed by atoms with Gasteiger partial charge in [-0.3, -0.25) is 4.90 Å². The molecule has 1 unspecified atom stereocenters. The van der Waals surface area contributed by atoms with Crippen molar-refractivity contribution < 1.29 is 9.53 Å². The Labute approximate surface area is 242 Å². The lowest BCUT2D eigenvalue weighted by Crippen LogP contribution is -2.32.